The molecule has 0 amide bonds. The molecule has 5 aromatic carbocycles. The molecule has 0 atom stereocenters. The molecule has 0 aliphatic heterocycles. The molecule has 0 spiro atoms. The monoisotopic (exact) mass is 644 g/mol. The van der Waals surface area contributed by atoms with Crippen molar-refractivity contribution >= 4 is 0 Å². The molecule has 1 N–H and O–H groups in total. The van der Waals surface area contributed by atoms with Crippen molar-refractivity contribution in [3.63, 3.8) is 0 Å². The lowest BCUT2D eigenvalue weighted by Crippen LogP contribution is -2.39. The van der Waals surface area contributed by atoms with Crippen LogP contribution < -0.4 is 0 Å². The normalized spacial score (nSPS) is 11.9. The van der Waals surface area contributed by atoms with Crippen LogP contribution >= 0.6 is 0 Å². The van der Waals surface area contributed by atoms with E-state index in [-0.39, 0.29) is 0 Å². The van der Waals surface area contributed by atoms with E-state index in [1.165, 1.54) is 0 Å². The zero-order valence-electron chi connectivity index (χ0n) is 28.1. The Labute approximate surface area is 287 Å². The molecule has 2 heterocycles. The standard InChI is InChI=1S/C42H40N6O/c1-4-17-39-43-38(41(2,3)49)30-47(39)29-31-26-27-36(32-18-9-5-10-19-32)37(28-31)40-44-46-48(45-40)42(33-20-11-6-12-21-33,34-22-13-7-14-23-34)35-24-15-8-16-25-35/h5-16,18-28,30,49H,4,17,29H2,1-3H3. The highest BCUT2D eigenvalue weighted by molar-refractivity contribution is 5.81. The van der Waals surface area contributed by atoms with Gasteiger partial charge in [-0.05, 0) is 64.9 Å². The van der Waals surface area contributed by atoms with Gasteiger partial charge in [0.1, 0.15) is 11.4 Å². The first kappa shape index (κ1) is 31.9. The molecule has 244 valence electrons. The maximum absolute atomic E-state index is 10.7. The molecule has 7 rings (SSSR count). The molecule has 7 nitrogen and oxygen atoms in total. The van der Waals surface area contributed by atoms with Crippen LogP contribution in [0, 0.1) is 0 Å². The molecular weight excluding hydrogens is 605 g/mol. The third-order valence-electron chi connectivity index (χ3n) is 9.01. The number of rotatable bonds is 11. The largest absolute Gasteiger partial charge is 0.384 e. The van der Waals surface area contributed by atoms with Crippen molar-refractivity contribution in [2.75, 3.05) is 0 Å². The summed E-state index contributed by atoms with van der Waals surface area (Å²) in [5, 5.41) is 25.6. The second-order valence-electron chi connectivity index (χ2n) is 12.9. The SMILES string of the molecule is CCCc1nc(C(C)(C)O)cn1Cc1ccc(-c2ccccc2)c(-c2nnn(C(c3ccccc3)(c3ccccc3)c3ccccc3)n2)c1. The molecule has 0 bridgehead atoms. The van der Waals surface area contributed by atoms with Crippen molar-refractivity contribution in [1.82, 2.24) is 29.8 Å². The van der Waals surface area contributed by atoms with Crippen molar-refractivity contribution in [3.05, 3.63) is 179 Å². The van der Waals surface area contributed by atoms with Crippen molar-refractivity contribution in [1.29, 1.82) is 0 Å². The minimum atomic E-state index is -1.03. The van der Waals surface area contributed by atoms with Gasteiger partial charge in [-0.2, -0.15) is 0 Å². The van der Waals surface area contributed by atoms with E-state index in [2.05, 4.69) is 115 Å². The molecule has 0 saturated carbocycles. The zero-order chi connectivity index (χ0) is 33.8. The van der Waals surface area contributed by atoms with Crippen LogP contribution in [0.25, 0.3) is 22.5 Å². The number of aromatic nitrogens is 6. The van der Waals surface area contributed by atoms with Gasteiger partial charge in [-0.1, -0.05) is 140 Å². The van der Waals surface area contributed by atoms with Gasteiger partial charge in [0.25, 0.3) is 0 Å². The van der Waals surface area contributed by atoms with E-state index in [0.29, 0.717) is 18.1 Å². The second-order valence-corrected chi connectivity index (χ2v) is 12.9. The summed E-state index contributed by atoms with van der Waals surface area (Å²) in [5.74, 6) is 1.49. The fourth-order valence-electron chi connectivity index (χ4n) is 6.60. The fraction of sp³-hybridized carbons (Fsp3) is 0.190. The Bertz CT molecular complexity index is 2040. The number of hydrogen-bond donors (Lipinski definition) is 1. The molecule has 0 radical (unpaired) electrons. The Morgan fingerprint density at radius 2 is 1.22 bits per heavy atom. The second kappa shape index (κ2) is 13.5. The molecule has 2 aromatic heterocycles. The predicted molar refractivity (Wildman–Crippen MR) is 194 cm³/mol. The number of tetrazole rings is 1. The van der Waals surface area contributed by atoms with E-state index in [0.717, 1.165) is 57.6 Å². The van der Waals surface area contributed by atoms with Crippen LogP contribution in [0.4, 0.5) is 0 Å². The molecule has 7 heteroatoms. The van der Waals surface area contributed by atoms with E-state index in [9.17, 15) is 5.11 Å². The van der Waals surface area contributed by atoms with Crippen LogP contribution in [0.15, 0.2) is 146 Å². The zero-order valence-corrected chi connectivity index (χ0v) is 28.1. The topological polar surface area (TPSA) is 81.7 Å². The van der Waals surface area contributed by atoms with Crippen molar-refractivity contribution < 1.29 is 5.11 Å². The van der Waals surface area contributed by atoms with Crippen LogP contribution in [0.5, 0.6) is 0 Å². The lowest BCUT2D eigenvalue weighted by atomic mass is 9.77. The molecule has 0 saturated heterocycles. The summed E-state index contributed by atoms with van der Waals surface area (Å²) in [6.07, 6.45) is 3.75. The summed E-state index contributed by atoms with van der Waals surface area (Å²) in [7, 11) is 0. The average molecular weight is 645 g/mol. The van der Waals surface area contributed by atoms with Gasteiger partial charge in [0.15, 0.2) is 5.54 Å². The lowest BCUT2D eigenvalue weighted by molar-refractivity contribution is 0.0741. The maximum atomic E-state index is 10.7. The van der Waals surface area contributed by atoms with Crippen molar-refractivity contribution in [2.24, 2.45) is 0 Å². The number of aryl methyl sites for hydroxylation is 1. The Kier molecular flexibility index (Phi) is 8.76. The van der Waals surface area contributed by atoms with Crippen LogP contribution in [0.3, 0.4) is 0 Å². The first-order chi connectivity index (χ1) is 23.9. The molecule has 0 aliphatic carbocycles. The molecule has 0 aliphatic rings. The minimum absolute atomic E-state index is 0.532. The predicted octanol–water partition coefficient (Wildman–Crippen LogP) is 8.27. The average Bonchev–Trinajstić information content (AvgIpc) is 3.79. The Balaban J connectivity index is 1.41. The Morgan fingerprint density at radius 1 is 0.673 bits per heavy atom. The smallest absolute Gasteiger partial charge is 0.205 e. The summed E-state index contributed by atoms with van der Waals surface area (Å²) in [6, 6.07) is 47.9. The quantitative estimate of drug-likeness (QED) is 0.143. The molecule has 0 unspecified atom stereocenters. The van der Waals surface area contributed by atoms with Gasteiger partial charge in [0.05, 0.1) is 5.69 Å². The third-order valence-corrected chi connectivity index (χ3v) is 9.01. The Morgan fingerprint density at radius 3 is 1.76 bits per heavy atom. The van der Waals surface area contributed by atoms with Crippen LogP contribution in [-0.2, 0) is 24.1 Å². The number of imidazole rings is 1. The van der Waals surface area contributed by atoms with E-state index >= 15 is 0 Å². The van der Waals surface area contributed by atoms with E-state index in [1.54, 1.807) is 18.6 Å². The van der Waals surface area contributed by atoms with Gasteiger partial charge in [-0.3, -0.25) is 0 Å². The van der Waals surface area contributed by atoms with Gasteiger partial charge in [0, 0.05) is 24.7 Å². The van der Waals surface area contributed by atoms with Gasteiger partial charge in [-0.15, -0.1) is 15.0 Å². The van der Waals surface area contributed by atoms with E-state index < -0.39 is 11.1 Å². The summed E-state index contributed by atoms with van der Waals surface area (Å²) in [6.45, 7) is 6.29. The molecule has 0 fully saturated rings. The number of benzene rings is 5. The summed E-state index contributed by atoms with van der Waals surface area (Å²) in [5.41, 5.74) is 5.89. The van der Waals surface area contributed by atoms with E-state index in [1.807, 2.05) is 42.6 Å². The molecule has 49 heavy (non-hydrogen) atoms. The molecule has 7 aromatic rings. The van der Waals surface area contributed by atoms with Gasteiger partial charge >= 0.3 is 0 Å². The highest BCUT2D eigenvalue weighted by atomic mass is 16.3. The van der Waals surface area contributed by atoms with Gasteiger partial charge in [0.2, 0.25) is 5.82 Å². The Hall–Kier alpha value is -5.66. The van der Waals surface area contributed by atoms with Gasteiger partial charge < -0.3 is 9.67 Å². The number of nitrogens with zero attached hydrogens (tertiary/aromatic N) is 6. The first-order valence-electron chi connectivity index (χ1n) is 16.8. The lowest BCUT2D eigenvalue weighted by Gasteiger charge is -2.34. The first-order valence-corrected chi connectivity index (χ1v) is 16.8. The van der Waals surface area contributed by atoms with E-state index in [4.69, 9.17) is 20.4 Å². The highest BCUT2D eigenvalue weighted by Gasteiger charge is 2.41. The van der Waals surface area contributed by atoms with Crippen LogP contribution in [-0.4, -0.2) is 34.9 Å². The van der Waals surface area contributed by atoms with Crippen molar-refractivity contribution in [3.8, 4) is 22.5 Å². The minimum Gasteiger partial charge on any atom is -0.384 e. The number of hydrogen-bond acceptors (Lipinski definition) is 5. The summed E-state index contributed by atoms with van der Waals surface area (Å²) < 4.78 is 2.15. The number of aliphatic hydroxyl groups is 1. The summed E-state index contributed by atoms with van der Waals surface area (Å²) >= 11 is 0. The van der Waals surface area contributed by atoms with Crippen molar-refractivity contribution in [2.45, 2.75) is 51.3 Å². The third kappa shape index (κ3) is 6.21. The fourth-order valence-corrected chi connectivity index (χ4v) is 6.60. The maximum Gasteiger partial charge on any atom is 0.205 e. The van der Waals surface area contributed by atoms with Crippen LogP contribution in [0.1, 0.15) is 61.0 Å². The van der Waals surface area contributed by atoms with Gasteiger partial charge in [-0.25, -0.2) is 4.98 Å². The van der Waals surface area contributed by atoms with Crippen LogP contribution in [0.2, 0.25) is 0 Å². The highest BCUT2D eigenvalue weighted by Crippen LogP contribution is 2.40. The molecular formula is C42H40N6O. The summed E-state index contributed by atoms with van der Waals surface area (Å²) in [4.78, 5) is 6.58.